The molecule has 2 aliphatic rings. The topological polar surface area (TPSA) is 25.8 Å². The molecule has 0 spiro atoms. The Bertz CT molecular complexity index is 3760. The number of fused-ring (bicyclic) bond motifs is 9. The summed E-state index contributed by atoms with van der Waals surface area (Å²) in [6.45, 7) is 9.43. The van der Waals surface area contributed by atoms with Crippen molar-refractivity contribution in [3.63, 3.8) is 0 Å². The first-order valence-electron chi connectivity index (χ1n) is 23.8. The van der Waals surface area contributed by atoms with Crippen LogP contribution >= 0.6 is 0 Å². The Morgan fingerprint density at radius 2 is 0.691 bits per heavy atom. The first-order chi connectivity index (χ1) is 33.2. The van der Waals surface area contributed by atoms with Gasteiger partial charge in [0.05, 0.1) is 22.6 Å². The molecule has 0 bridgehead atoms. The van der Waals surface area contributed by atoms with E-state index in [0.29, 0.717) is 0 Å². The number of hydrogen-bond acceptors (Lipinski definition) is 2. The van der Waals surface area contributed by atoms with Gasteiger partial charge < -0.3 is 0 Å². The van der Waals surface area contributed by atoms with Crippen LogP contribution in [0.15, 0.2) is 218 Å². The van der Waals surface area contributed by atoms with Crippen LogP contribution in [-0.4, -0.2) is 9.97 Å². The Labute approximate surface area is 398 Å². The summed E-state index contributed by atoms with van der Waals surface area (Å²) in [6, 6.07) is 80.0. The standard InChI is InChI=1S/C66H48N2/c1-65(2)57-25-15-13-22-49(57)51-33-31-45(35-59(51)65)54-39-56-55(42-29-27-41(28-30-42)47-37-61(43-17-7-5-8-18-43)67-62(38-47)44-19-9-6-10-20-44)40-63(68-64(56)53-24-12-11-21-48(53)54)46-32-34-52-50-23-14-16-26-58(50)66(3,4)60(52)36-46/h5-40H,1-4H3. The smallest absolute Gasteiger partial charge is 0.0794 e. The highest BCUT2D eigenvalue weighted by Gasteiger charge is 2.37. The normalized spacial score (nSPS) is 13.8. The lowest BCUT2D eigenvalue weighted by atomic mass is 9.81. The van der Waals surface area contributed by atoms with E-state index >= 15 is 0 Å². The molecule has 0 saturated heterocycles. The molecule has 2 aliphatic carbocycles. The Balaban J connectivity index is 1.01. The second-order valence-corrected chi connectivity index (χ2v) is 19.7. The van der Waals surface area contributed by atoms with Crippen LogP contribution in [0.2, 0.25) is 0 Å². The first kappa shape index (κ1) is 40.1. The highest BCUT2D eigenvalue weighted by Crippen LogP contribution is 2.52. The molecule has 0 unspecified atom stereocenters. The number of nitrogens with zero attached hydrogens (tertiary/aromatic N) is 2. The quantitative estimate of drug-likeness (QED) is 0.156. The molecule has 2 aromatic heterocycles. The van der Waals surface area contributed by atoms with Gasteiger partial charge in [0.1, 0.15) is 0 Å². The van der Waals surface area contributed by atoms with Gasteiger partial charge in [-0.2, -0.15) is 0 Å². The number of hydrogen-bond donors (Lipinski definition) is 0. The van der Waals surface area contributed by atoms with Crippen LogP contribution in [-0.2, 0) is 10.8 Å². The van der Waals surface area contributed by atoms with Crippen LogP contribution in [0.4, 0.5) is 0 Å². The molecule has 0 atom stereocenters. The Hall–Kier alpha value is -8.20. The van der Waals surface area contributed by atoms with E-state index in [0.717, 1.165) is 72.3 Å². The van der Waals surface area contributed by atoms with Crippen LogP contribution < -0.4 is 0 Å². The van der Waals surface area contributed by atoms with Crippen LogP contribution in [0.5, 0.6) is 0 Å². The van der Waals surface area contributed by atoms with E-state index in [1.165, 1.54) is 61.0 Å². The molecule has 2 heterocycles. The van der Waals surface area contributed by atoms with Crippen molar-refractivity contribution in [3.05, 3.63) is 241 Å². The van der Waals surface area contributed by atoms with E-state index < -0.39 is 0 Å². The summed E-state index contributed by atoms with van der Waals surface area (Å²) >= 11 is 0. The van der Waals surface area contributed by atoms with Gasteiger partial charge in [-0.25, -0.2) is 9.97 Å². The van der Waals surface area contributed by atoms with Crippen molar-refractivity contribution in [1.29, 1.82) is 0 Å². The molecule has 0 N–H and O–H groups in total. The lowest BCUT2D eigenvalue weighted by molar-refractivity contribution is 0.660. The van der Waals surface area contributed by atoms with Crippen molar-refractivity contribution in [3.8, 4) is 89.4 Å². The molecule has 68 heavy (non-hydrogen) atoms. The fourth-order valence-electron chi connectivity index (χ4n) is 11.5. The summed E-state index contributed by atoms with van der Waals surface area (Å²) in [5, 5.41) is 3.48. The number of aromatic nitrogens is 2. The maximum absolute atomic E-state index is 5.66. The maximum atomic E-state index is 5.66. The van der Waals surface area contributed by atoms with Gasteiger partial charge in [0.2, 0.25) is 0 Å². The van der Waals surface area contributed by atoms with Crippen molar-refractivity contribution in [2.45, 2.75) is 38.5 Å². The van der Waals surface area contributed by atoms with E-state index in [9.17, 15) is 0 Å². The van der Waals surface area contributed by atoms with E-state index in [4.69, 9.17) is 9.97 Å². The third kappa shape index (κ3) is 6.25. The molecule has 0 fully saturated rings. The highest BCUT2D eigenvalue weighted by atomic mass is 14.7. The molecule has 11 aromatic rings. The monoisotopic (exact) mass is 868 g/mol. The first-order valence-corrected chi connectivity index (χ1v) is 23.8. The largest absolute Gasteiger partial charge is 0.248 e. The summed E-state index contributed by atoms with van der Waals surface area (Å²) < 4.78 is 0. The lowest BCUT2D eigenvalue weighted by Crippen LogP contribution is -2.15. The van der Waals surface area contributed by atoms with Gasteiger partial charge in [-0.15, -0.1) is 0 Å². The van der Waals surface area contributed by atoms with Crippen molar-refractivity contribution < 1.29 is 0 Å². The second kappa shape index (κ2) is 15.2. The molecule has 0 amide bonds. The van der Waals surface area contributed by atoms with Gasteiger partial charge in [0.25, 0.3) is 0 Å². The zero-order valence-corrected chi connectivity index (χ0v) is 38.7. The van der Waals surface area contributed by atoms with E-state index in [1.807, 2.05) is 0 Å². The molecule has 2 nitrogen and oxygen atoms in total. The fraction of sp³-hybridized carbons (Fsp3) is 0.0909. The second-order valence-electron chi connectivity index (χ2n) is 19.7. The van der Waals surface area contributed by atoms with Crippen LogP contribution in [0.1, 0.15) is 49.9 Å². The van der Waals surface area contributed by atoms with Gasteiger partial charge in [0.15, 0.2) is 0 Å². The third-order valence-corrected chi connectivity index (χ3v) is 15.1. The zero-order valence-electron chi connectivity index (χ0n) is 38.7. The van der Waals surface area contributed by atoms with E-state index in [2.05, 4.69) is 246 Å². The van der Waals surface area contributed by atoms with Crippen LogP contribution in [0.3, 0.4) is 0 Å². The minimum absolute atomic E-state index is 0.109. The average Bonchev–Trinajstić information content (AvgIpc) is 3.77. The molecule has 13 rings (SSSR count). The molecular formula is C66H48N2. The summed E-state index contributed by atoms with van der Waals surface area (Å²) in [4.78, 5) is 10.8. The lowest BCUT2D eigenvalue weighted by Gasteiger charge is -2.22. The predicted octanol–water partition coefficient (Wildman–Crippen LogP) is 17.4. The van der Waals surface area contributed by atoms with Crippen molar-refractivity contribution >= 4 is 21.7 Å². The average molecular weight is 869 g/mol. The molecule has 2 heteroatoms. The van der Waals surface area contributed by atoms with Gasteiger partial charge in [-0.05, 0) is 120 Å². The number of benzene rings is 9. The van der Waals surface area contributed by atoms with Gasteiger partial charge in [-0.3, -0.25) is 0 Å². The highest BCUT2D eigenvalue weighted by molar-refractivity contribution is 6.16. The summed E-state index contributed by atoms with van der Waals surface area (Å²) in [5.74, 6) is 0. The fourth-order valence-corrected chi connectivity index (χ4v) is 11.5. The molecular weight excluding hydrogens is 821 g/mol. The van der Waals surface area contributed by atoms with Gasteiger partial charge >= 0.3 is 0 Å². The van der Waals surface area contributed by atoms with Gasteiger partial charge in [0, 0.05) is 38.3 Å². The molecule has 0 aliphatic heterocycles. The number of rotatable bonds is 6. The van der Waals surface area contributed by atoms with Crippen molar-refractivity contribution in [2.75, 3.05) is 0 Å². The van der Waals surface area contributed by atoms with Crippen molar-refractivity contribution in [1.82, 2.24) is 9.97 Å². The van der Waals surface area contributed by atoms with E-state index in [-0.39, 0.29) is 10.8 Å². The van der Waals surface area contributed by atoms with Gasteiger partial charge in [-0.1, -0.05) is 210 Å². The Morgan fingerprint density at radius 1 is 0.250 bits per heavy atom. The van der Waals surface area contributed by atoms with Crippen molar-refractivity contribution in [2.24, 2.45) is 0 Å². The summed E-state index contributed by atoms with van der Waals surface area (Å²) in [5.41, 5.74) is 24.7. The molecule has 0 radical (unpaired) electrons. The Kier molecular flexibility index (Phi) is 8.95. The zero-order chi connectivity index (χ0) is 45.7. The minimum atomic E-state index is -0.126. The summed E-state index contributed by atoms with van der Waals surface area (Å²) in [7, 11) is 0. The third-order valence-electron chi connectivity index (χ3n) is 15.1. The SMILES string of the molecule is CC1(C)c2ccccc2-c2ccc(-c3cc(-c4ccc(-c5cc(-c6ccccc6)nc(-c6ccccc6)c5)cc4)c4cc(-c5ccc6c(c5)C(C)(C)c5ccccc5-6)c5ccccc5c4n3)cc21. The molecule has 322 valence electrons. The van der Waals surface area contributed by atoms with Crippen LogP contribution in [0, 0.1) is 0 Å². The maximum Gasteiger partial charge on any atom is 0.0794 e. The molecule has 9 aromatic carbocycles. The van der Waals surface area contributed by atoms with Crippen LogP contribution in [0.25, 0.3) is 111 Å². The summed E-state index contributed by atoms with van der Waals surface area (Å²) in [6.07, 6.45) is 0. The predicted molar refractivity (Wildman–Crippen MR) is 285 cm³/mol. The molecule has 0 saturated carbocycles. The Morgan fingerprint density at radius 3 is 1.29 bits per heavy atom. The number of pyridine rings is 2. The minimum Gasteiger partial charge on any atom is -0.248 e. The van der Waals surface area contributed by atoms with E-state index in [1.54, 1.807) is 0 Å².